The van der Waals surface area contributed by atoms with Gasteiger partial charge in [0, 0.05) is 32.2 Å². The predicted molar refractivity (Wildman–Crippen MR) is 68.8 cm³/mol. The van der Waals surface area contributed by atoms with Crippen molar-refractivity contribution in [1.29, 1.82) is 0 Å². The predicted octanol–water partition coefficient (Wildman–Crippen LogP) is 1.73. The van der Waals surface area contributed by atoms with Gasteiger partial charge in [-0.3, -0.25) is 4.90 Å². The van der Waals surface area contributed by atoms with Crippen molar-refractivity contribution in [2.45, 2.75) is 46.8 Å². The van der Waals surface area contributed by atoms with Crippen molar-refractivity contribution in [3.8, 4) is 0 Å². The highest BCUT2D eigenvalue weighted by Crippen LogP contribution is 2.11. The van der Waals surface area contributed by atoms with E-state index in [9.17, 15) is 0 Å². The summed E-state index contributed by atoms with van der Waals surface area (Å²) in [4.78, 5) is 2.49. The lowest BCUT2D eigenvalue weighted by atomic mass is 9.97. The quantitative estimate of drug-likeness (QED) is 0.793. The molecule has 1 N–H and O–H groups in total. The number of ether oxygens (including phenoxy) is 1. The van der Waals surface area contributed by atoms with E-state index in [0.717, 1.165) is 32.8 Å². The van der Waals surface area contributed by atoms with Crippen molar-refractivity contribution in [2.24, 2.45) is 5.41 Å². The summed E-state index contributed by atoms with van der Waals surface area (Å²) >= 11 is 0. The normalized spacial score (nSPS) is 24.0. The smallest absolute Gasteiger partial charge is 0.0826 e. The molecular formula is C13H28N2O. The van der Waals surface area contributed by atoms with Gasteiger partial charge in [0.15, 0.2) is 0 Å². The number of hydrogen-bond acceptors (Lipinski definition) is 3. The summed E-state index contributed by atoms with van der Waals surface area (Å²) < 4.78 is 5.77. The largest absolute Gasteiger partial charge is 0.374 e. The Kier molecular flexibility index (Phi) is 5.22. The van der Waals surface area contributed by atoms with Crippen LogP contribution in [0.5, 0.6) is 0 Å². The van der Waals surface area contributed by atoms with Crippen LogP contribution < -0.4 is 5.32 Å². The van der Waals surface area contributed by atoms with E-state index in [0.29, 0.717) is 17.6 Å². The Hall–Kier alpha value is -0.120. The summed E-state index contributed by atoms with van der Waals surface area (Å²) in [6.07, 6.45) is 0.360. The van der Waals surface area contributed by atoms with Crippen molar-refractivity contribution in [1.82, 2.24) is 10.2 Å². The Morgan fingerprint density at radius 3 is 2.62 bits per heavy atom. The van der Waals surface area contributed by atoms with Crippen LogP contribution >= 0.6 is 0 Å². The lowest BCUT2D eigenvalue weighted by molar-refractivity contribution is -0.0376. The average Bonchev–Trinajstić information content (AvgIpc) is 2.16. The minimum atomic E-state index is 0.354. The molecule has 3 nitrogen and oxygen atoms in total. The first kappa shape index (κ1) is 13.9. The zero-order valence-corrected chi connectivity index (χ0v) is 11.5. The maximum Gasteiger partial charge on any atom is 0.0826 e. The van der Waals surface area contributed by atoms with Gasteiger partial charge < -0.3 is 10.1 Å². The molecule has 96 valence electrons. The van der Waals surface area contributed by atoms with Gasteiger partial charge in [0.25, 0.3) is 0 Å². The summed E-state index contributed by atoms with van der Waals surface area (Å²) in [6, 6.07) is 0.633. The fourth-order valence-corrected chi connectivity index (χ4v) is 1.94. The molecule has 1 aliphatic heterocycles. The van der Waals surface area contributed by atoms with E-state index in [2.05, 4.69) is 44.8 Å². The summed E-state index contributed by atoms with van der Waals surface area (Å²) in [7, 11) is 0. The monoisotopic (exact) mass is 228 g/mol. The first-order valence-electron chi connectivity index (χ1n) is 6.45. The molecule has 16 heavy (non-hydrogen) atoms. The number of rotatable bonds is 4. The fraction of sp³-hybridized carbons (Fsp3) is 1.00. The van der Waals surface area contributed by atoms with Crippen LogP contribution in [-0.4, -0.2) is 49.8 Å². The van der Waals surface area contributed by atoms with E-state index in [4.69, 9.17) is 4.74 Å². The molecule has 0 aliphatic carbocycles. The summed E-state index contributed by atoms with van der Waals surface area (Å²) in [6.45, 7) is 16.3. The number of nitrogens with zero attached hydrogens (tertiary/aromatic N) is 1. The lowest BCUT2D eigenvalue weighted by Crippen LogP contribution is -2.49. The van der Waals surface area contributed by atoms with Gasteiger partial charge in [-0.1, -0.05) is 20.8 Å². The molecule has 1 saturated heterocycles. The Morgan fingerprint density at radius 2 is 2.06 bits per heavy atom. The summed E-state index contributed by atoms with van der Waals surface area (Å²) in [5.74, 6) is 0. The van der Waals surface area contributed by atoms with Gasteiger partial charge in [0.1, 0.15) is 0 Å². The Balaban J connectivity index is 2.22. The molecule has 0 aromatic rings. The second kappa shape index (κ2) is 5.99. The third-order valence-electron chi connectivity index (χ3n) is 2.93. The minimum absolute atomic E-state index is 0.354. The Morgan fingerprint density at radius 1 is 1.38 bits per heavy atom. The molecule has 0 spiro atoms. The highest BCUT2D eigenvalue weighted by atomic mass is 16.5. The number of morpholine rings is 1. The molecule has 0 amide bonds. The van der Waals surface area contributed by atoms with E-state index < -0.39 is 0 Å². The molecule has 3 heteroatoms. The van der Waals surface area contributed by atoms with Crippen molar-refractivity contribution < 1.29 is 4.74 Å². The van der Waals surface area contributed by atoms with E-state index in [1.807, 2.05) is 0 Å². The molecule has 1 aliphatic rings. The van der Waals surface area contributed by atoms with Crippen molar-refractivity contribution >= 4 is 0 Å². The van der Waals surface area contributed by atoms with Crippen molar-refractivity contribution in [3.63, 3.8) is 0 Å². The molecule has 0 saturated carbocycles. The molecule has 0 aromatic carbocycles. The molecule has 1 heterocycles. The van der Waals surface area contributed by atoms with Gasteiger partial charge >= 0.3 is 0 Å². The summed E-state index contributed by atoms with van der Waals surface area (Å²) in [5.41, 5.74) is 0.354. The maximum atomic E-state index is 5.77. The average molecular weight is 228 g/mol. The van der Waals surface area contributed by atoms with E-state index in [1.54, 1.807) is 0 Å². The number of nitrogens with one attached hydrogen (secondary N) is 1. The van der Waals surface area contributed by atoms with Crippen LogP contribution in [-0.2, 0) is 4.74 Å². The SMILES string of the molecule is CC(C)N1CCOC(CNCC(C)(C)C)C1. The third-order valence-corrected chi connectivity index (χ3v) is 2.93. The standard InChI is InChI=1S/C13H28N2O/c1-11(2)15-6-7-16-12(9-15)8-14-10-13(3,4)5/h11-12,14H,6-10H2,1-5H3. The van der Waals surface area contributed by atoms with Gasteiger partial charge in [-0.15, -0.1) is 0 Å². The fourth-order valence-electron chi connectivity index (χ4n) is 1.94. The second-order valence-corrected chi connectivity index (χ2v) is 6.27. The van der Waals surface area contributed by atoms with Crippen LogP contribution in [0.1, 0.15) is 34.6 Å². The maximum absolute atomic E-state index is 5.77. The molecule has 1 rings (SSSR count). The first-order valence-corrected chi connectivity index (χ1v) is 6.45. The zero-order chi connectivity index (χ0) is 12.2. The molecular weight excluding hydrogens is 200 g/mol. The highest BCUT2D eigenvalue weighted by molar-refractivity contribution is 4.76. The zero-order valence-electron chi connectivity index (χ0n) is 11.5. The molecule has 1 unspecified atom stereocenters. The molecule has 0 aromatic heterocycles. The van der Waals surface area contributed by atoms with Gasteiger partial charge in [-0.25, -0.2) is 0 Å². The third kappa shape index (κ3) is 5.28. The van der Waals surface area contributed by atoms with Gasteiger partial charge in [-0.2, -0.15) is 0 Å². The summed E-state index contributed by atoms with van der Waals surface area (Å²) in [5, 5.41) is 3.50. The minimum Gasteiger partial charge on any atom is -0.374 e. The molecule has 0 bridgehead atoms. The van der Waals surface area contributed by atoms with Crippen LogP contribution in [0, 0.1) is 5.41 Å². The van der Waals surface area contributed by atoms with Crippen LogP contribution in [0.15, 0.2) is 0 Å². The first-order chi connectivity index (χ1) is 7.38. The van der Waals surface area contributed by atoms with Gasteiger partial charge in [-0.05, 0) is 19.3 Å². The number of hydrogen-bond donors (Lipinski definition) is 1. The molecule has 1 atom stereocenters. The topological polar surface area (TPSA) is 24.5 Å². The van der Waals surface area contributed by atoms with Crippen LogP contribution in [0.2, 0.25) is 0 Å². The van der Waals surface area contributed by atoms with Crippen molar-refractivity contribution in [3.05, 3.63) is 0 Å². The second-order valence-electron chi connectivity index (χ2n) is 6.27. The van der Waals surface area contributed by atoms with E-state index in [1.165, 1.54) is 0 Å². The van der Waals surface area contributed by atoms with Crippen LogP contribution in [0.3, 0.4) is 0 Å². The molecule has 0 radical (unpaired) electrons. The van der Waals surface area contributed by atoms with Gasteiger partial charge in [0.2, 0.25) is 0 Å². The molecule has 1 fully saturated rings. The van der Waals surface area contributed by atoms with Gasteiger partial charge in [0.05, 0.1) is 12.7 Å². The van der Waals surface area contributed by atoms with Crippen LogP contribution in [0.25, 0.3) is 0 Å². The Labute approximate surface area is 101 Å². The highest BCUT2D eigenvalue weighted by Gasteiger charge is 2.22. The van der Waals surface area contributed by atoms with Crippen LogP contribution in [0.4, 0.5) is 0 Å². The van der Waals surface area contributed by atoms with Crippen molar-refractivity contribution in [2.75, 3.05) is 32.8 Å². The van der Waals surface area contributed by atoms with E-state index >= 15 is 0 Å². The van der Waals surface area contributed by atoms with E-state index in [-0.39, 0.29) is 0 Å². The lowest BCUT2D eigenvalue weighted by Gasteiger charge is -2.36. The Bertz CT molecular complexity index is 199.